The van der Waals surface area contributed by atoms with E-state index >= 15 is 0 Å². The van der Waals surface area contributed by atoms with Gasteiger partial charge in [0, 0.05) is 44.6 Å². The van der Waals surface area contributed by atoms with Gasteiger partial charge in [-0.3, -0.25) is 9.59 Å². The van der Waals surface area contributed by atoms with Crippen LogP contribution in [0.1, 0.15) is 38.3 Å². The van der Waals surface area contributed by atoms with Crippen molar-refractivity contribution in [3.05, 3.63) is 88.2 Å². The molecule has 5 heteroatoms. The Balaban J connectivity index is 1.43. The number of aromatic nitrogens is 1. The van der Waals surface area contributed by atoms with Crippen LogP contribution in [-0.4, -0.2) is 47.3 Å². The number of carbonyl (C=O) groups is 2. The van der Waals surface area contributed by atoms with E-state index in [-0.39, 0.29) is 0 Å². The number of anilines is 1. The third-order valence-corrected chi connectivity index (χ3v) is 6.66. The summed E-state index contributed by atoms with van der Waals surface area (Å²) in [4.78, 5) is 30.1. The second-order valence-electron chi connectivity index (χ2n) is 8.77. The van der Waals surface area contributed by atoms with E-state index in [9.17, 15) is 9.59 Å². The Morgan fingerprint density at radius 1 is 0.812 bits per heavy atom. The first-order valence-electron chi connectivity index (χ1n) is 11.2. The van der Waals surface area contributed by atoms with Crippen molar-refractivity contribution in [2.24, 2.45) is 0 Å². The SMILES string of the molecule is Cc1ccc(Cn2cccc2C(=O)C(=O)N2CCN(c3cccc(C)c3C)CC2)cc1C. The number of ketones is 1. The zero-order chi connectivity index (χ0) is 22.8. The van der Waals surface area contributed by atoms with Gasteiger partial charge >= 0.3 is 0 Å². The van der Waals surface area contributed by atoms with Crippen LogP contribution in [0, 0.1) is 27.7 Å². The van der Waals surface area contributed by atoms with Gasteiger partial charge in [0.05, 0.1) is 5.69 Å². The molecule has 2 heterocycles. The van der Waals surface area contributed by atoms with E-state index in [4.69, 9.17) is 0 Å². The molecule has 1 aliphatic heterocycles. The molecule has 0 unspecified atom stereocenters. The molecule has 0 radical (unpaired) electrons. The normalized spacial score (nSPS) is 14.0. The van der Waals surface area contributed by atoms with Gasteiger partial charge in [-0.15, -0.1) is 0 Å². The molecule has 0 N–H and O–H groups in total. The molecule has 2 aromatic carbocycles. The topological polar surface area (TPSA) is 45.6 Å². The van der Waals surface area contributed by atoms with Crippen LogP contribution in [0.5, 0.6) is 0 Å². The maximum atomic E-state index is 13.1. The molecular formula is C27H31N3O2. The van der Waals surface area contributed by atoms with Gasteiger partial charge in [-0.25, -0.2) is 0 Å². The molecule has 0 aliphatic carbocycles. The fraction of sp³-hybridized carbons (Fsp3) is 0.333. The highest BCUT2D eigenvalue weighted by molar-refractivity contribution is 6.42. The molecule has 1 amide bonds. The highest BCUT2D eigenvalue weighted by Gasteiger charge is 2.29. The van der Waals surface area contributed by atoms with Crippen LogP contribution in [0.3, 0.4) is 0 Å². The van der Waals surface area contributed by atoms with Crippen molar-refractivity contribution >= 4 is 17.4 Å². The molecule has 166 valence electrons. The number of carbonyl (C=O) groups excluding carboxylic acids is 2. The minimum absolute atomic E-state index is 0.411. The summed E-state index contributed by atoms with van der Waals surface area (Å²) in [6, 6.07) is 16.2. The smallest absolute Gasteiger partial charge is 0.296 e. The molecule has 0 saturated carbocycles. The van der Waals surface area contributed by atoms with E-state index in [2.05, 4.69) is 69.0 Å². The molecule has 1 saturated heterocycles. The van der Waals surface area contributed by atoms with Gasteiger partial charge in [-0.1, -0.05) is 30.3 Å². The average Bonchev–Trinajstić information content (AvgIpc) is 3.25. The first kappa shape index (κ1) is 21.9. The Kier molecular flexibility index (Phi) is 6.17. The van der Waals surface area contributed by atoms with Crippen LogP contribution >= 0.6 is 0 Å². The fourth-order valence-corrected chi connectivity index (χ4v) is 4.34. The third kappa shape index (κ3) is 4.33. The van der Waals surface area contributed by atoms with Crippen molar-refractivity contribution in [3.63, 3.8) is 0 Å². The van der Waals surface area contributed by atoms with Gasteiger partial charge in [0.1, 0.15) is 0 Å². The number of nitrogens with zero attached hydrogens (tertiary/aromatic N) is 3. The van der Waals surface area contributed by atoms with E-state index < -0.39 is 11.7 Å². The summed E-state index contributed by atoms with van der Waals surface area (Å²) >= 11 is 0. The summed E-state index contributed by atoms with van der Waals surface area (Å²) in [5.41, 5.74) is 7.78. The second kappa shape index (κ2) is 9.03. The maximum absolute atomic E-state index is 13.1. The first-order chi connectivity index (χ1) is 15.3. The maximum Gasteiger partial charge on any atom is 0.296 e. The number of Topliss-reactive ketones (excluding diaryl/α,β-unsaturated/α-hetero) is 1. The Morgan fingerprint density at radius 3 is 2.28 bits per heavy atom. The molecule has 4 rings (SSSR count). The van der Waals surface area contributed by atoms with E-state index in [1.807, 2.05) is 16.8 Å². The van der Waals surface area contributed by atoms with Crippen molar-refractivity contribution in [1.29, 1.82) is 0 Å². The summed E-state index contributed by atoms with van der Waals surface area (Å²) in [5.74, 6) is -0.843. The number of benzene rings is 2. The quantitative estimate of drug-likeness (QED) is 0.449. The molecular weight excluding hydrogens is 398 g/mol. The summed E-state index contributed by atoms with van der Waals surface area (Å²) in [6.45, 7) is 11.6. The Labute approximate surface area is 190 Å². The van der Waals surface area contributed by atoms with Crippen molar-refractivity contribution in [3.8, 4) is 0 Å². The Bertz CT molecular complexity index is 1150. The van der Waals surface area contributed by atoms with Crippen LogP contribution in [0.25, 0.3) is 0 Å². The molecule has 1 aliphatic rings. The lowest BCUT2D eigenvalue weighted by molar-refractivity contribution is -0.126. The minimum Gasteiger partial charge on any atom is -0.368 e. The molecule has 3 aromatic rings. The Hall–Kier alpha value is -3.34. The van der Waals surface area contributed by atoms with Crippen molar-refractivity contribution < 1.29 is 9.59 Å². The van der Waals surface area contributed by atoms with Gasteiger partial charge in [-0.2, -0.15) is 0 Å². The number of aryl methyl sites for hydroxylation is 3. The molecule has 1 aromatic heterocycles. The van der Waals surface area contributed by atoms with E-state index in [1.54, 1.807) is 11.0 Å². The highest BCUT2D eigenvalue weighted by atomic mass is 16.2. The van der Waals surface area contributed by atoms with Gasteiger partial charge in [0.15, 0.2) is 0 Å². The van der Waals surface area contributed by atoms with E-state index in [0.29, 0.717) is 25.3 Å². The average molecular weight is 430 g/mol. The van der Waals surface area contributed by atoms with Crippen LogP contribution in [-0.2, 0) is 11.3 Å². The largest absolute Gasteiger partial charge is 0.368 e. The molecule has 0 bridgehead atoms. The van der Waals surface area contributed by atoms with E-state index in [0.717, 1.165) is 18.7 Å². The van der Waals surface area contributed by atoms with Gasteiger partial charge < -0.3 is 14.4 Å². The predicted molar refractivity (Wildman–Crippen MR) is 128 cm³/mol. The number of hydrogen-bond acceptors (Lipinski definition) is 3. The standard InChI is InChI=1S/C27H31N3O2/c1-19-10-11-23(17-21(19)3)18-30-12-6-9-25(30)26(31)27(32)29-15-13-28(14-16-29)24-8-5-7-20(2)22(24)4/h5-12,17H,13-16,18H2,1-4H3. The number of amides is 1. The van der Waals surface area contributed by atoms with Crippen LogP contribution in [0.15, 0.2) is 54.7 Å². The minimum atomic E-state index is -0.431. The molecule has 0 spiro atoms. The number of piperazine rings is 1. The summed E-state index contributed by atoms with van der Waals surface area (Å²) in [7, 11) is 0. The monoisotopic (exact) mass is 429 g/mol. The van der Waals surface area contributed by atoms with Gasteiger partial charge in [0.2, 0.25) is 0 Å². The number of rotatable bonds is 5. The summed E-state index contributed by atoms with van der Waals surface area (Å²) in [5, 5.41) is 0. The molecule has 1 fully saturated rings. The fourth-order valence-electron chi connectivity index (χ4n) is 4.34. The zero-order valence-corrected chi connectivity index (χ0v) is 19.4. The highest BCUT2D eigenvalue weighted by Crippen LogP contribution is 2.24. The van der Waals surface area contributed by atoms with Gasteiger partial charge in [0.25, 0.3) is 11.7 Å². The van der Waals surface area contributed by atoms with Crippen LogP contribution in [0.4, 0.5) is 5.69 Å². The van der Waals surface area contributed by atoms with Gasteiger partial charge in [-0.05, 0) is 73.7 Å². The van der Waals surface area contributed by atoms with Crippen LogP contribution in [0.2, 0.25) is 0 Å². The predicted octanol–water partition coefficient (Wildman–Crippen LogP) is 4.30. The number of hydrogen-bond donors (Lipinski definition) is 0. The summed E-state index contributed by atoms with van der Waals surface area (Å²) < 4.78 is 1.87. The van der Waals surface area contributed by atoms with Crippen molar-refractivity contribution in [1.82, 2.24) is 9.47 Å². The lowest BCUT2D eigenvalue weighted by Gasteiger charge is -2.36. The summed E-state index contributed by atoms with van der Waals surface area (Å²) in [6.07, 6.45) is 1.87. The van der Waals surface area contributed by atoms with Crippen LogP contribution < -0.4 is 4.90 Å². The molecule has 5 nitrogen and oxygen atoms in total. The first-order valence-corrected chi connectivity index (χ1v) is 11.2. The second-order valence-corrected chi connectivity index (χ2v) is 8.77. The molecule has 0 atom stereocenters. The van der Waals surface area contributed by atoms with Crippen molar-refractivity contribution in [2.75, 3.05) is 31.1 Å². The Morgan fingerprint density at radius 2 is 1.56 bits per heavy atom. The third-order valence-electron chi connectivity index (χ3n) is 6.66. The lowest BCUT2D eigenvalue weighted by Crippen LogP contribution is -2.51. The zero-order valence-electron chi connectivity index (χ0n) is 19.4. The van der Waals surface area contributed by atoms with E-state index in [1.165, 1.54) is 27.9 Å². The lowest BCUT2D eigenvalue weighted by atomic mass is 10.1. The molecule has 32 heavy (non-hydrogen) atoms. The van der Waals surface area contributed by atoms with Crippen molar-refractivity contribution in [2.45, 2.75) is 34.2 Å².